The normalized spacial score (nSPS) is 13.9. The second-order valence-electron chi connectivity index (χ2n) is 3.00. The highest BCUT2D eigenvalue weighted by molar-refractivity contribution is 5.27. The van der Waals surface area contributed by atoms with E-state index >= 15 is 0 Å². The maximum atomic E-state index is 12.9. The van der Waals surface area contributed by atoms with Crippen LogP contribution in [0, 0.1) is 29.1 Å². The summed E-state index contributed by atoms with van der Waals surface area (Å²) in [5.74, 6) is -12.7. The molecule has 1 nitrogen and oxygen atoms in total. The van der Waals surface area contributed by atoms with Crippen LogP contribution in [0.25, 0.3) is 0 Å². The number of nitrogens with two attached hydrogens (primary N) is 1. The van der Waals surface area contributed by atoms with Gasteiger partial charge in [-0.3, -0.25) is 0 Å². The summed E-state index contributed by atoms with van der Waals surface area (Å²) in [6.45, 7) is 0. The highest BCUT2D eigenvalue weighted by Crippen LogP contribution is 2.35. The van der Waals surface area contributed by atoms with Gasteiger partial charge in [-0.1, -0.05) is 0 Å². The zero-order valence-electron chi connectivity index (χ0n) is 7.68. The molecule has 1 rings (SSSR count). The molecule has 0 aromatic heterocycles. The summed E-state index contributed by atoms with van der Waals surface area (Å²) in [7, 11) is 0. The first-order valence-electron chi connectivity index (χ1n) is 3.92. The quantitative estimate of drug-likeness (QED) is 0.471. The van der Waals surface area contributed by atoms with Crippen LogP contribution in [0.4, 0.5) is 35.1 Å². The Morgan fingerprint density at radius 3 is 1.29 bits per heavy atom. The monoisotopic (exact) mass is 265 g/mol. The Hall–Kier alpha value is -1.38. The molecule has 0 unspecified atom stereocenters. The Balaban J connectivity index is 3.55. The van der Waals surface area contributed by atoms with Gasteiger partial charge in [0.2, 0.25) is 5.82 Å². The molecule has 0 bridgehead atoms. The van der Waals surface area contributed by atoms with Crippen molar-refractivity contribution >= 4 is 0 Å². The van der Waals surface area contributed by atoms with Crippen LogP contribution in [-0.2, 0) is 0 Å². The molecule has 0 fully saturated rings. The molecule has 0 aliphatic carbocycles. The summed E-state index contributed by atoms with van der Waals surface area (Å²) in [6, 6.07) is -3.30. The topological polar surface area (TPSA) is 26.0 Å². The molecule has 0 saturated heterocycles. The molecule has 0 amide bonds. The summed E-state index contributed by atoms with van der Waals surface area (Å²) >= 11 is 0. The summed E-state index contributed by atoms with van der Waals surface area (Å²) in [4.78, 5) is 0. The number of rotatable bonds is 1. The van der Waals surface area contributed by atoms with Gasteiger partial charge in [-0.2, -0.15) is 13.2 Å². The van der Waals surface area contributed by atoms with E-state index in [0.717, 1.165) is 0 Å². The standard InChI is InChI=1S/C8H3F8N/c9-2-1(7(17)8(14,15)16)3(10)5(12)6(13)4(2)11/h7H,17H2/t7-/m1/s1. The van der Waals surface area contributed by atoms with E-state index in [2.05, 4.69) is 5.73 Å². The minimum atomic E-state index is -5.33. The van der Waals surface area contributed by atoms with Crippen molar-refractivity contribution in [2.75, 3.05) is 0 Å². The number of alkyl halides is 3. The highest BCUT2D eigenvalue weighted by Gasteiger charge is 2.43. The second-order valence-corrected chi connectivity index (χ2v) is 3.00. The molecule has 96 valence electrons. The Kier molecular flexibility index (Phi) is 3.33. The van der Waals surface area contributed by atoms with Crippen LogP contribution in [0.2, 0.25) is 0 Å². The molecule has 17 heavy (non-hydrogen) atoms. The Morgan fingerprint density at radius 1 is 0.706 bits per heavy atom. The lowest BCUT2D eigenvalue weighted by atomic mass is 10.0. The fourth-order valence-electron chi connectivity index (χ4n) is 1.06. The third kappa shape index (κ3) is 2.19. The summed E-state index contributed by atoms with van der Waals surface area (Å²) in [5.41, 5.74) is 2.30. The maximum absolute atomic E-state index is 12.9. The molecule has 0 saturated carbocycles. The molecule has 0 aliphatic rings. The van der Waals surface area contributed by atoms with Crippen molar-refractivity contribution in [2.24, 2.45) is 5.73 Å². The third-order valence-electron chi connectivity index (χ3n) is 1.91. The van der Waals surface area contributed by atoms with Gasteiger partial charge in [-0.25, -0.2) is 22.0 Å². The van der Waals surface area contributed by atoms with Crippen molar-refractivity contribution in [3.05, 3.63) is 34.6 Å². The lowest BCUT2D eigenvalue weighted by Crippen LogP contribution is -2.31. The minimum Gasteiger partial charge on any atom is -0.316 e. The predicted molar refractivity (Wildman–Crippen MR) is 39.2 cm³/mol. The Labute approximate surface area is 88.8 Å². The molecule has 0 radical (unpaired) electrons. The number of halogens is 8. The van der Waals surface area contributed by atoms with Gasteiger partial charge in [-0.15, -0.1) is 0 Å². The van der Waals surface area contributed by atoms with Crippen LogP contribution < -0.4 is 5.73 Å². The first-order valence-corrected chi connectivity index (χ1v) is 3.92. The van der Waals surface area contributed by atoms with Crippen molar-refractivity contribution in [3.8, 4) is 0 Å². The van der Waals surface area contributed by atoms with Crippen LogP contribution in [-0.4, -0.2) is 6.18 Å². The summed E-state index contributed by atoms with van der Waals surface area (Å²) < 4.78 is 99.6. The predicted octanol–water partition coefficient (Wildman–Crippen LogP) is 2.94. The first-order chi connectivity index (χ1) is 7.59. The van der Waals surface area contributed by atoms with Gasteiger partial charge < -0.3 is 5.73 Å². The summed E-state index contributed by atoms with van der Waals surface area (Å²) in [6.07, 6.45) is -5.33. The zero-order valence-corrected chi connectivity index (χ0v) is 7.68. The Morgan fingerprint density at radius 2 is 1.00 bits per heavy atom. The average molecular weight is 265 g/mol. The fraction of sp³-hybridized carbons (Fsp3) is 0.250. The van der Waals surface area contributed by atoms with Gasteiger partial charge in [0.15, 0.2) is 23.3 Å². The van der Waals surface area contributed by atoms with E-state index in [4.69, 9.17) is 0 Å². The van der Waals surface area contributed by atoms with Gasteiger partial charge in [0.05, 0.1) is 5.56 Å². The van der Waals surface area contributed by atoms with Crippen LogP contribution >= 0.6 is 0 Å². The molecular weight excluding hydrogens is 262 g/mol. The van der Waals surface area contributed by atoms with Crippen LogP contribution in [0.1, 0.15) is 11.6 Å². The molecular formula is C8H3F8N. The molecule has 0 spiro atoms. The summed E-state index contributed by atoms with van der Waals surface area (Å²) in [5, 5.41) is 0. The molecule has 2 N–H and O–H groups in total. The number of benzene rings is 1. The van der Waals surface area contributed by atoms with E-state index < -0.39 is 46.9 Å². The van der Waals surface area contributed by atoms with Crippen LogP contribution in [0.5, 0.6) is 0 Å². The van der Waals surface area contributed by atoms with E-state index in [1.54, 1.807) is 0 Å². The average Bonchev–Trinajstić information content (AvgIpc) is 2.22. The van der Waals surface area contributed by atoms with Gasteiger partial charge in [0, 0.05) is 0 Å². The van der Waals surface area contributed by atoms with Crippen molar-refractivity contribution in [1.82, 2.24) is 0 Å². The van der Waals surface area contributed by atoms with Gasteiger partial charge in [0.1, 0.15) is 6.04 Å². The van der Waals surface area contributed by atoms with Gasteiger partial charge in [0.25, 0.3) is 0 Å². The van der Waals surface area contributed by atoms with Crippen molar-refractivity contribution in [2.45, 2.75) is 12.2 Å². The molecule has 1 aromatic rings. The Bertz CT molecular complexity index is 423. The molecule has 0 heterocycles. The van der Waals surface area contributed by atoms with E-state index in [1.165, 1.54) is 0 Å². The fourth-order valence-corrected chi connectivity index (χ4v) is 1.06. The molecule has 1 atom stereocenters. The van der Waals surface area contributed by atoms with Crippen LogP contribution in [0.3, 0.4) is 0 Å². The maximum Gasteiger partial charge on any atom is 0.407 e. The van der Waals surface area contributed by atoms with Crippen molar-refractivity contribution in [3.63, 3.8) is 0 Å². The van der Waals surface area contributed by atoms with E-state index in [9.17, 15) is 35.1 Å². The lowest BCUT2D eigenvalue weighted by molar-refractivity contribution is -0.150. The first kappa shape index (κ1) is 13.7. The zero-order chi connectivity index (χ0) is 13.5. The van der Waals surface area contributed by atoms with Crippen molar-refractivity contribution in [1.29, 1.82) is 0 Å². The molecule has 0 aliphatic heterocycles. The molecule has 1 aromatic carbocycles. The molecule has 9 heteroatoms. The van der Waals surface area contributed by atoms with E-state index in [0.29, 0.717) is 0 Å². The largest absolute Gasteiger partial charge is 0.407 e. The van der Waals surface area contributed by atoms with E-state index in [-0.39, 0.29) is 0 Å². The van der Waals surface area contributed by atoms with Crippen molar-refractivity contribution < 1.29 is 35.1 Å². The number of hydrogen-bond donors (Lipinski definition) is 1. The number of hydrogen-bond acceptors (Lipinski definition) is 1. The third-order valence-corrected chi connectivity index (χ3v) is 1.91. The SMILES string of the molecule is N[C@H](c1c(F)c(F)c(F)c(F)c1F)C(F)(F)F. The van der Waals surface area contributed by atoms with Gasteiger partial charge in [-0.05, 0) is 0 Å². The van der Waals surface area contributed by atoms with E-state index in [1.807, 2.05) is 0 Å². The smallest absolute Gasteiger partial charge is 0.316 e. The van der Waals surface area contributed by atoms with Gasteiger partial charge >= 0.3 is 6.18 Å². The highest BCUT2D eigenvalue weighted by atomic mass is 19.4. The van der Waals surface area contributed by atoms with Crippen LogP contribution in [0.15, 0.2) is 0 Å². The second kappa shape index (κ2) is 4.13. The lowest BCUT2D eigenvalue weighted by Gasteiger charge is -2.17. The minimum absolute atomic E-state index is 2.10.